The minimum Gasteiger partial charge on any atom is -0.383 e. The molecule has 8 nitrogen and oxygen atoms in total. The molecule has 36 heavy (non-hydrogen) atoms. The Balaban J connectivity index is 1.35. The van der Waals surface area contributed by atoms with Crippen molar-refractivity contribution < 1.29 is 18.7 Å². The summed E-state index contributed by atoms with van der Waals surface area (Å²) in [5, 5.41) is 8.76. The number of hydrogen-bond donors (Lipinski definition) is 0. The third kappa shape index (κ3) is 6.04. The second-order valence-corrected chi connectivity index (χ2v) is 8.71. The zero-order valence-electron chi connectivity index (χ0n) is 20.6. The SMILES string of the molecule is COCCN(CC(=O)N1CCN(c2ccc(-c3ccc(C)cc3)nn2)CC1)C(=O)c1ccccc1F. The molecule has 1 aliphatic rings. The van der Waals surface area contributed by atoms with Crippen molar-refractivity contribution in [2.24, 2.45) is 0 Å². The van der Waals surface area contributed by atoms with Gasteiger partial charge in [0.2, 0.25) is 5.91 Å². The number of aromatic nitrogens is 2. The normalized spacial score (nSPS) is 13.5. The van der Waals surface area contributed by atoms with Gasteiger partial charge in [-0.25, -0.2) is 4.39 Å². The molecule has 0 radical (unpaired) electrons. The van der Waals surface area contributed by atoms with Crippen molar-refractivity contribution in [3.8, 4) is 11.3 Å². The van der Waals surface area contributed by atoms with E-state index in [9.17, 15) is 14.0 Å². The van der Waals surface area contributed by atoms with Crippen LogP contribution in [-0.4, -0.2) is 84.8 Å². The fourth-order valence-corrected chi connectivity index (χ4v) is 4.08. The van der Waals surface area contributed by atoms with Gasteiger partial charge in [0.1, 0.15) is 12.4 Å². The third-order valence-corrected chi connectivity index (χ3v) is 6.24. The minimum absolute atomic E-state index is 0.0566. The van der Waals surface area contributed by atoms with Crippen LogP contribution in [0.5, 0.6) is 0 Å². The molecule has 0 bridgehead atoms. The van der Waals surface area contributed by atoms with Gasteiger partial charge in [0.15, 0.2) is 5.82 Å². The highest BCUT2D eigenvalue weighted by Crippen LogP contribution is 2.20. The van der Waals surface area contributed by atoms with Crippen molar-refractivity contribution >= 4 is 17.6 Å². The summed E-state index contributed by atoms with van der Waals surface area (Å²) in [7, 11) is 1.52. The lowest BCUT2D eigenvalue weighted by molar-refractivity contribution is -0.132. The number of ether oxygens (including phenoxy) is 1. The van der Waals surface area contributed by atoms with E-state index in [0.29, 0.717) is 26.2 Å². The molecule has 2 aromatic carbocycles. The molecule has 4 rings (SSSR count). The van der Waals surface area contributed by atoms with Gasteiger partial charge in [0.05, 0.1) is 17.9 Å². The molecule has 2 amide bonds. The Morgan fingerprint density at radius 1 is 0.972 bits per heavy atom. The standard InChI is InChI=1S/C27H30FN5O3/c1-20-7-9-21(10-8-20)24-11-12-25(30-29-24)31-13-15-32(16-14-31)26(34)19-33(17-18-36-2)27(35)22-5-3-4-6-23(22)28/h3-12H,13-19H2,1-2H3. The van der Waals surface area contributed by atoms with Gasteiger partial charge in [-0.2, -0.15) is 0 Å². The molecule has 1 saturated heterocycles. The molecule has 0 unspecified atom stereocenters. The van der Waals surface area contributed by atoms with E-state index in [1.807, 2.05) is 43.3 Å². The number of benzene rings is 2. The Hall–Kier alpha value is -3.85. The number of rotatable bonds is 8. The first-order valence-corrected chi connectivity index (χ1v) is 11.9. The number of amides is 2. The Morgan fingerprint density at radius 2 is 1.69 bits per heavy atom. The van der Waals surface area contributed by atoms with Crippen molar-refractivity contribution in [2.45, 2.75) is 6.92 Å². The number of methoxy groups -OCH3 is 1. The van der Waals surface area contributed by atoms with E-state index in [0.717, 1.165) is 17.1 Å². The maximum Gasteiger partial charge on any atom is 0.257 e. The lowest BCUT2D eigenvalue weighted by Crippen LogP contribution is -2.52. The summed E-state index contributed by atoms with van der Waals surface area (Å²) in [6.45, 7) is 4.53. The Bertz CT molecular complexity index is 1180. The predicted octanol–water partition coefficient (Wildman–Crippen LogP) is 3.03. The van der Waals surface area contributed by atoms with Crippen LogP contribution in [-0.2, 0) is 9.53 Å². The molecule has 1 aromatic heterocycles. The van der Waals surface area contributed by atoms with Crippen molar-refractivity contribution in [1.29, 1.82) is 0 Å². The molecule has 2 heterocycles. The second kappa shape index (κ2) is 11.7. The molecule has 3 aromatic rings. The minimum atomic E-state index is -0.611. The average Bonchev–Trinajstić information content (AvgIpc) is 2.91. The quantitative estimate of drug-likeness (QED) is 0.482. The molecule has 0 N–H and O–H groups in total. The van der Waals surface area contributed by atoms with Gasteiger partial charge in [-0.3, -0.25) is 9.59 Å². The first-order valence-electron chi connectivity index (χ1n) is 11.9. The summed E-state index contributed by atoms with van der Waals surface area (Å²) in [5.41, 5.74) is 2.95. The van der Waals surface area contributed by atoms with Crippen LogP contribution >= 0.6 is 0 Å². The topological polar surface area (TPSA) is 78.9 Å². The van der Waals surface area contributed by atoms with Gasteiger partial charge in [0, 0.05) is 45.4 Å². The van der Waals surface area contributed by atoms with Gasteiger partial charge in [-0.15, -0.1) is 10.2 Å². The molecule has 188 valence electrons. The maximum absolute atomic E-state index is 14.2. The van der Waals surface area contributed by atoms with Crippen LogP contribution in [0.25, 0.3) is 11.3 Å². The lowest BCUT2D eigenvalue weighted by atomic mass is 10.1. The van der Waals surface area contributed by atoms with Gasteiger partial charge < -0.3 is 19.4 Å². The largest absolute Gasteiger partial charge is 0.383 e. The number of nitrogens with zero attached hydrogens (tertiary/aromatic N) is 5. The van der Waals surface area contributed by atoms with Crippen molar-refractivity contribution in [2.75, 3.05) is 57.9 Å². The number of carbonyl (C=O) groups excluding carboxylic acids is 2. The van der Waals surface area contributed by atoms with Crippen LogP contribution in [0.2, 0.25) is 0 Å². The molecular weight excluding hydrogens is 461 g/mol. The highest BCUT2D eigenvalue weighted by molar-refractivity contribution is 5.96. The number of halogens is 1. The van der Waals surface area contributed by atoms with E-state index in [1.54, 1.807) is 11.0 Å². The van der Waals surface area contributed by atoms with E-state index >= 15 is 0 Å². The van der Waals surface area contributed by atoms with Crippen LogP contribution in [0.1, 0.15) is 15.9 Å². The fraction of sp³-hybridized carbons (Fsp3) is 0.333. The van der Waals surface area contributed by atoms with E-state index in [4.69, 9.17) is 4.74 Å². The number of piperazine rings is 1. The highest BCUT2D eigenvalue weighted by atomic mass is 19.1. The Morgan fingerprint density at radius 3 is 2.33 bits per heavy atom. The predicted molar refractivity (Wildman–Crippen MR) is 135 cm³/mol. The average molecular weight is 492 g/mol. The van der Waals surface area contributed by atoms with E-state index in [-0.39, 0.29) is 31.2 Å². The van der Waals surface area contributed by atoms with Crippen LogP contribution in [0.4, 0.5) is 10.2 Å². The molecule has 0 aliphatic carbocycles. The molecule has 1 aliphatic heterocycles. The van der Waals surface area contributed by atoms with Crippen LogP contribution in [0.15, 0.2) is 60.7 Å². The molecule has 0 atom stereocenters. The third-order valence-electron chi connectivity index (χ3n) is 6.24. The maximum atomic E-state index is 14.2. The van der Waals surface area contributed by atoms with Gasteiger partial charge in [-0.05, 0) is 31.2 Å². The second-order valence-electron chi connectivity index (χ2n) is 8.71. The zero-order chi connectivity index (χ0) is 25.5. The molecule has 9 heteroatoms. The van der Waals surface area contributed by atoms with E-state index < -0.39 is 11.7 Å². The fourth-order valence-electron chi connectivity index (χ4n) is 4.08. The first-order chi connectivity index (χ1) is 17.5. The van der Waals surface area contributed by atoms with Crippen LogP contribution in [0.3, 0.4) is 0 Å². The summed E-state index contributed by atoms with van der Waals surface area (Å²) >= 11 is 0. The Labute approximate surface area is 210 Å². The molecule has 1 fully saturated rings. The van der Waals surface area contributed by atoms with Gasteiger partial charge in [0.25, 0.3) is 5.91 Å². The lowest BCUT2D eigenvalue weighted by Gasteiger charge is -2.36. The zero-order valence-corrected chi connectivity index (χ0v) is 20.6. The summed E-state index contributed by atoms with van der Waals surface area (Å²) in [5.74, 6) is -0.563. The van der Waals surface area contributed by atoms with Crippen molar-refractivity contribution in [3.63, 3.8) is 0 Å². The van der Waals surface area contributed by atoms with Crippen molar-refractivity contribution in [3.05, 3.63) is 77.6 Å². The molecule has 0 saturated carbocycles. The van der Waals surface area contributed by atoms with Crippen LogP contribution < -0.4 is 4.90 Å². The molecular formula is C27H30FN5O3. The summed E-state index contributed by atoms with van der Waals surface area (Å²) in [6, 6.07) is 17.8. The van der Waals surface area contributed by atoms with Crippen molar-refractivity contribution in [1.82, 2.24) is 20.0 Å². The van der Waals surface area contributed by atoms with Gasteiger partial charge >= 0.3 is 0 Å². The highest BCUT2D eigenvalue weighted by Gasteiger charge is 2.26. The Kier molecular flexibility index (Phi) is 8.22. The van der Waals surface area contributed by atoms with Crippen LogP contribution in [0, 0.1) is 12.7 Å². The summed E-state index contributed by atoms with van der Waals surface area (Å²) in [4.78, 5) is 31.1. The summed E-state index contributed by atoms with van der Waals surface area (Å²) < 4.78 is 19.3. The number of anilines is 1. The number of carbonyl (C=O) groups is 2. The molecule has 0 spiro atoms. The number of hydrogen-bond acceptors (Lipinski definition) is 6. The van der Waals surface area contributed by atoms with E-state index in [1.165, 1.54) is 35.8 Å². The van der Waals surface area contributed by atoms with Gasteiger partial charge in [-0.1, -0.05) is 42.0 Å². The smallest absolute Gasteiger partial charge is 0.257 e. The van der Waals surface area contributed by atoms with E-state index in [2.05, 4.69) is 15.1 Å². The monoisotopic (exact) mass is 491 g/mol. The number of aryl methyl sites for hydroxylation is 1. The summed E-state index contributed by atoms with van der Waals surface area (Å²) in [6.07, 6.45) is 0. The first kappa shape index (κ1) is 25.2.